The number of hydrogen-bond acceptors (Lipinski definition) is 6. The van der Waals surface area contributed by atoms with Gasteiger partial charge in [-0.25, -0.2) is 14.2 Å². The predicted molar refractivity (Wildman–Crippen MR) is 130 cm³/mol. The predicted octanol–water partition coefficient (Wildman–Crippen LogP) is 3.61. The number of carbonyl (C=O) groups excluding carboxylic acids is 3. The number of carbonyl (C=O) groups is 4. The number of halogens is 2. The van der Waals surface area contributed by atoms with E-state index in [0.29, 0.717) is 22.7 Å². The van der Waals surface area contributed by atoms with Crippen molar-refractivity contribution in [1.82, 2.24) is 4.98 Å². The van der Waals surface area contributed by atoms with Crippen molar-refractivity contribution in [3.05, 3.63) is 93.4 Å². The number of ketones is 1. The highest BCUT2D eigenvalue weighted by atomic mass is 35.5. The molecule has 2 amide bonds. The van der Waals surface area contributed by atoms with Crippen molar-refractivity contribution >= 4 is 46.9 Å². The molecule has 4 rings (SSSR count). The van der Waals surface area contributed by atoms with Gasteiger partial charge in [-0.1, -0.05) is 17.7 Å². The fourth-order valence-electron chi connectivity index (χ4n) is 3.25. The first-order valence-electron chi connectivity index (χ1n) is 10.2. The molecule has 0 saturated heterocycles. The number of ether oxygens (including phenoxy) is 1. The second kappa shape index (κ2) is 10.8. The highest BCUT2D eigenvalue weighted by Crippen LogP contribution is 2.31. The van der Waals surface area contributed by atoms with Crippen molar-refractivity contribution in [2.24, 2.45) is 5.73 Å². The molecule has 0 atom stereocenters. The molecule has 0 saturated carbocycles. The highest BCUT2D eigenvalue weighted by Gasteiger charge is 2.33. The average molecular weight is 512 g/mol. The topological polar surface area (TPSA) is 140 Å². The molecule has 0 fully saturated rings. The monoisotopic (exact) mass is 511 g/mol. The van der Waals surface area contributed by atoms with Gasteiger partial charge in [0, 0.05) is 30.4 Å². The third-order valence-corrected chi connectivity index (χ3v) is 5.40. The van der Waals surface area contributed by atoms with Crippen molar-refractivity contribution in [3.8, 4) is 5.88 Å². The van der Waals surface area contributed by atoms with Gasteiger partial charge in [-0.05, 0) is 48.0 Å². The Morgan fingerprint density at radius 1 is 1.11 bits per heavy atom. The van der Waals surface area contributed by atoms with Crippen LogP contribution in [0.1, 0.15) is 36.6 Å². The van der Waals surface area contributed by atoms with Crippen molar-refractivity contribution in [2.45, 2.75) is 0 Å². The van der Waals surface area contributed by atoms with Crippen molar-refractivity contribution in [3.63, 3.8) is 0 Å². The van der Waals surface area contributed by atoms with E-state index >= 15 is 0 Å². The lowest BCUT2D eigenvalue weighted by molar-refractivity contribution is -0.114. The summed E-state index contributed by atoms with van der Waals surface area (Å²) in [4.78, 5) is 52.0. The van der Waals surface area contributed by atoms with E-state index in [9.17, 15) is 23.6 Å². The van der Waals surface area contributed by atoms with Gasteiger partial charge in [0.1, 0.15) is 5.82 Å². The van der Waals surface area contributed by atoms with Crippen LogP contribution in [0.15, 0.2) is 60.3 Å². The van der Waals surface area contributed by atoms with Crippen LogP contribution in [0.25, 0.3) is 6.08 Å². The van der Waals surface area contributed by atoms with Crippen molar-refractivity contribution in [2.75, 3.05) is 19.1 Å². The molecule has 36 heavy (non-hydrogen) atoms. The summed E-state index contributed by atoms with van der Waals surface area (Å²) in [6.07, 6.45) is 2.78. The molecule has 11 heteroatoms. The molecule has 1 aromatic heterocycles. The van der Waals surface area contributed by atoms with Crippen LogP contribution in [-0.2, 0) is 4.79 Å². The number of hydrogen-bond donors (Lipinski definition) is 2. The Morgan fingerprint density at radius 3 is 2.44 bits per heavy atom. The number of nitrogens with two attached hydrogens (primary N) is 1. The average Bonchev–Trinajstić information content (AvgIpc) is 2.87. The number of carboxylic acids is 1. The number of Topliss-reactive ketones (excluding diaryl/α,β-unsaturated/α-hetero) is 1. The minimum Gasteiger partial charge on any atom is -0.481 e. The molecule has 0 bridgehead atoms. The summed E-state index contributed by atoms with van der Waals surface area (Å²) >= 11 is 5.72. The van der Waals surface area contributed by atoms with Gasteiger partial charge in [-0.3, -0.25) is 14.4 Å². The number of benzene rings is 2. The lowest BCUT2D eigenvalue weighted by atomic mass is 9.92. The van der Waals surface area contributed by atoms with Gasteiger partial charge >= 0.3 is 5.97 Å². The maximum absolute atomic E-state index is 13.3. The molecule has 0 aliphatic carbocycles. The number of aromatic carboxylic acids is 1. The van der Waals surface area contributed by atoms with Gasteiger partial charge in [0.2, 0.25) is 17.6 Å². The molecular formula is C25H19ClFN3O6. The molecule has 0 unspecified atom stereocenters. The summed E-state index contributed by atoms with van der Waals surface area (Å²) in [5.41, 5.74) is 6.03. The van der Waals surface area contributed by atoms with Gasteiger partial charge in [-0.2, -0.15) is 0 Å². The van der Waals surface area contributed by atoms with E-state index in [0.717, 1.165) is 6.07 Å². The van der Waals surface area contributed by atoms with E-state index in [2.05, 4.69) is 4.98 Å². The minimum absolute atomic E-state index is 0.0565. The van der Waals surface area contributed by atoms with E-state index < -0.39 is 29.4 Å². The van der Waals surface area contributed by atoms with Crippen LogP contribution in [0.3, 0.4) is 0 Å². The molecule has 9 nitrogen and oxygen atoms in total. The molecule has 0 spiro atoms. The van der Waals surface area contributed by atoms with Crippen LogP contribution < -0.4 is 15.4 Å². The maximum atomic E-state index is 13.3. The molecule has 0 radical (unpaired) electrons. The van der Waals surface area contributed by atoms with E-state index in [1.165, 1.54) is 73.8 Å². The number of nitrogens with zero attached hydrogens (tertiary/aromatic N) is 2. The summed E-state index contributed by atoms with van der Waals surface area (Å²) in [5, 5.41) is 8.96. The summed E-state index contributed by atoms with van der Waals surface area (Å²) < 4.78 is 18.0. The van der Waals surface area contributed by atoms with Crippen LogP contribution in [-0.4, -0.2) is 47.8 Å². The van der Waals surface area contributed by atoms with Crippen LogP contribution >= 0.6 is 11.6 Å². The molecular weight excluding hydrogens is 493 g/mol. The van der Waals surface area contributed by atoms with Crippen LogP contribution in [0.2, 0.25) is 5.02 Å². The molecule has 3 aromatic rings. The standard InChI is InChI=1S/C18H11ClFNO4.C7H8N2O2/c1-21-15-5-3-10(18(24)25)8-11(15)16(22)12(17(21)23)6-9-2-4-14(20)13(19)7-9;1-11-6-4-5(7(8)10)2-3-9-6/h2-8H,1H3,(H,24,25);2-4H,1H3,(H2,8,10)/b12-6-;. The number of methoxy groups -OCH3 is 1. The number of likely N-dealkylation sites (N-methyl/N-ethyl adjacent to an activating group) is 1. The van der Waals surface area contributed by atoms with Crippen LogP contribution in [0.4, 0.5) is 10.1 Å². The second-order valence-corrected chi connectivity index (χ2v) is 7.82. The number of primary amides is 1. The van der Waals surface area contributed by atoms with Gasteiger partial charge in [0.15, 0.2) is 0 Å². The smallest absolute Gasteiger partial charge is 0.335 e. The molecule has 2 heterocycles. The number of carboxylic acid groups (broad SMARTS) is 1. The van der Waals surface area contributed by atoms with Crippen molar-refractivity contribution in [1.29, 1.82) is 0 Å². The normalized spacial score (nSPS) is 13.6. The molecule has 3 N–H and O–H groups in total. The SMILES string of the molecule is CN1C(=O)/C(=C\c2ccc(F)c(Cl)c2)C(=O)c2cc(C(=O)O)ccc21.COc1cc(C(N)=O)ccn1. The first-order chi connectivity index (χ1) is 17.0. The zero-order valence-corrected chi connectivity index (χ0v) is 19.7. The highest BCUT2D eigenvalue weighted by molar-refractivity contribution is 6.37. The summed E-state index contributed by atoms with van der Waals surface area (Å²) in [7, 11) is 2.96. The van der Waals surface area contributed by atoms with E-state index in [-0.39, 0.29) is 21.7 Å². The summed E-state index contributed by atoms with van der Waals surface area (Å²) in [6, 6.07) is 10.8. The number of rotatable bonds is 4. The third-order valence-electron chi connectivity index (χ3n) is 5.11. The first kappa shape index (κ1) is 26.0. The first-order valence-corrected chi connectivity index (χ1v) is 10.6. The Bertz CT molecular complexity index is 1420. The fraction of sp³-hybridized carbons (Fsp3) is 0.0800. The van der Waals surface area contributed by atoms with E-state index in [1.807, 2.05) is 0 Å². The molecule has 2 aromatic carbocycles. The van der Waals surface area contributed by atoms with Crippen LogP contribution in [0, 0.1) is 5.82 Å². The zero-order valence-electron chi connectivity index (χ0n) is 19.0. The van der Waals surface area contributed by atoms with Gasteiger partial charge in [0.05, 0.1) is 29.0 Å². The van der Waals surface area contributed by atoms with E-state index in [4.69, 9.17) is 27.2 Å². The number of amides is 2. The van der Waals surface area contributed by atoms with Crippen LogP contribution in [0.5, 0.6) is 5.88 Å². The quantitative estimate of drug-likeness (QED) is 0.402. The number of aromatic nitrogens is 1. The Balaban J connectivity index is 0.000000275. The number of fused-ring (bicyclic) bond motifs is 1. The Morgan fingerprint density at radius 2 is 1.83 bits per heavy atom. The van der Waals surface area contributed by atoms with E-state index in [1.54, 1.807) is 0 Å². The largest absolute Gasteiger partial charge is 0.481 e. The molecule has 1 aliphatic heterocycles. The third kappa shape index (κ3) is 5.56. The summed E-state index contributed by atoms with van der Waals surface area (Å²) in [6.45, 7) is 0. The van der Waals surface area contributed by atoms with Crippen molar-refractivity contribution < 1.29 is 33.4 Å². The summed E-state index contributed by atoms with van der Waals surface area (Å²) in [5.74, 6) is -3.01. The lowest BCUT2D eigenvalue weighted by Gasteiger charge is -2.26. The zero-order chi connectivity index (χ0) is 26.6. The van der Waals surface area contributed by atoms with Gasteiger partial charge < -0.3 is 20.5 Å². The number of pyridine rings is 1. The lowest BCUT2D eigenvalue weighted by Crippen LogP contribution is -2.36. The molecule has 1 aliphatic rings. The Kier molecular flexibility index (Phi) is 7.80. The molecule has 184 valence electrons. The Hall–Kier alpha value is -4.57. The van der Waals surface area contributed by atoms with Gasteiger partial charge in [0.25, 0.3) is 5.91 Å². The fourth-order valence-corrected chi connectivity index (χ4v) is 3.44. The van der Waals surface area contributed by atoms with Gasteiger partial charge in [-0.15, -0.1) is 0 Å². The second-order valence-electron chi connectivity index (χ2n) is 7.41. The number of anilines is 1. The maximum Gasteiger partial charge on any atom is 0.335 e. The Labute approximate surface area is 209 Å². The minimum atomic E-state index is -1.18.